The number of aromatic nitrogens is 2. The quantitative estimate of drug-likeness (QED) is 0.461. The van der Waals surface area contributed by atoms with E-state index in [0.29, 0.717) is 25.0 Å². The Morgan fingerprint density at radius 3 is 2.24 bits per heavy atom. The molecular weight excluding hydrogens is 462 g/mol. The van der Waals surface area contributed by atoms with Gasteiger partial charge in [-0.3, -0.25) is 0 Å². The maximum atomic E-state index is 12.5. The number of fused-ring (bicyclic) bond motifs is 1. The van der Waals surface area contributed by atoms with E-state index in [1.54, 1.807) is 4.90 Å². The van der Waals surface area contributed by atoms with Gasteiger partial charge in [-0.2, -0.15) is 5.10 Å². The van der Waals surface area contributed by atoms with Crippen LogP contribution in [0.4, 0.5) is 10.5 Å². The third-order valence-corrected chi connectivity index (χ3v) is 7.73. The summed E-state index contributed by atoms with van der Waals surface area (Å²) >= 11 is 0. The first-order chi connectivity index (χ1) is 17.7. The van der Waals surface area contributed by atoms with Crippen molar-refractivity contribution < 1.29 is 9.53 Å². The summed E-state index contributed by atoms with van der Waals surface area (Å²) in [6, 6.07) is 14.1. The van der Waals surface area contributed by atoms with E-state index in [0.717, 1.165) is 24.3 Å². The van der Waals surface area contributed by atoms with Crippen molar-refractivity contribution in [3.8, 4) is 11.1 Å². The highest BCUT2D eigenvalue weighted by molar-refractivity contribution is 5.80. The standard InChI is InChI=1S/C30H41N5O2/c1-22(2)32-14-11-25(12-15-32)23-6-8-24(9-7-23)26-20-28-27(10-13-31-35(28)21-26)33-16-18-34(19-17-33)29(36)37-30(3,4)5/h6-10,13,20-22,25H,11-12,14-19H2,1-5H3. The molecule has 2 saturated heterocycles. The van der Waals surface area contributed by atoms with Crippen LogP contribution in [0.1, 0.15) is 58.9 Å². The fourth-order valence-electron chi connectivity index (χ4n) is 5.58. The Kier molecular flexibility index (Phi) is 7.17. The summed E-state index contributed by atoms with van der Waals surface area (Å²) in [5, 5.41) is 4.58. The van der Waals surface area contributed by atoms with E-state index < -0.39 is 5.60 Å². The molecule has 0 saturated carbocycles. The molecule has 2 fully saturated rings. The van der Waals surface area contributed by atoms with Gasteiger partial charge in [-0.25, -0.2) is 9.31 Å². The van der Waals surface area contributed by atoms with Gasteiger partial charge in [0.25, 0.3) is 0 Å². The SMILES string of the molecule is CC(C)N1CCC(c2ccc(-c3cc4c(N5CCN(C(=O)OC(C)(C)C)CC5)ccnn4c3)cc2)CC1. The Morgan fingerprint density at radius 2 is 1.62 bits per heavy atom. The van der Waals surface area contributed by atoms with Crippen molar-refractivity contribution in [2.45, 2.75) is 65.0 Å². The van der Waals surface area contributed by atoms with E-state index in [1.807, 2.05) is 31.5 Å². The minimum atomic E-state index is -0.475. The fourth-order valence-corrected chi connectivity index (χ4v) is 5.58. The largest absolute Gasteiger partial charge is 0.444 e. The van der Waals surface area contributed by atoms with Crippen molar-refractivity contribution in [3.63, 3.8) is 0 Å². The number of likely N-dealkylation sites (tertiary alicyclic amines) is 1. The fraction of sp³-hybridized carbons (Fsp3) is 0.533. The lowest BCUT2D eigenvalue weighted by Gasteiger charge is -2.36. The lowest BCUT2D eigenvalue weighted by molar-refractivity contribution is 0.0240. The molecule has 0 radical (unpaired) electrons. The van der Waals surface area contributed by atoms with Crippen LogP contribution in [0.2, 0.25) is 0 Å². The van der Waals surface area contributed by atoms with Gasteiger partial charge in [-0.15, -0.1) is 0 Å². The molecule has 0 atom stereocenters. The first kappa shape index (κ1) is 25.6. The van der Waals surface area contributed by atoms with Crippen molar-refractivity contribution in [2.75, 3.05) is 44.2 Å². The number of carbonyl (C=O) groups is 1. The molecular formula is C30H41N5O2. The van der Waals surface area contributed by atoms with E-state index >= 15 is 0 Å². The van der Waals surface area contributed by atoms with Crippen LogP contribution >= 0.6 is 0 Å². The van der Waals surface area contributed by atoms with Gasteiger partial charge in [-0.05, 0) is 89.7 Å². The average Bonchev–Trinajstić information content (AvgIpc) is 3.33. The summed E-state index contributed by atoms with van der Waals surface area (Å²) in [4.78, 5) is 19.2. The molecule has 3 aromatic rings. The highest BCUT2D eigenvalue weighted by Gasteiger charge is 2.27. The molecule has 0 N–H and O–H groups in total. The minimum absolute atomic E-state index is 0.231. The number of benzene rings is 1. The zero-order valence-corrected chi connectivity index (χ0v) is 23.0. The van der Waals surface area contributed by atoms with Gasteiger partial charge in [0.15, 0.2) is 0 Å². The third kappa shape index (κ3) is 5.77. The van der Waals surface area contributed by atoms with Gasteiger partial charge < -0.3 is 19.4 Å². The number of carbonyl (C=O) groups excluding carboxylic acids is 1. The second-order valence-electron chi connectivity index (χ2n) is 11.8. The third-order valence-electron chi connectivity index (χ3n) is 7.73. The summed E-state index contributed by atoms with van der Waals surface area (Å²) in [5.74, 6) is 0.657. The van der Waals surface area contributed by atoms with Crippen LogP contribution in [0, 0.1) is 0 Å². The Labute approximate surface area is 221 Å². The van der Waals surface area contributed by atoms with E-state index in [2.05, 4.69) is 71.3 Å². The van der Waals surface area contributed by atoms with Crippen LogP contribution in [0.5, 0.6) is 0 Å². The first-order valence-electron chi connectivity index (χ1n) is 13.7. The van der Waals surface area contributed by atoms with Crippen LogP contribution in [-0.2, 0) is 4.74 Å². The van der Waals surface area contributed by atoms with Gasteiger partial charge in [0.2, 0.25) is 0 Å². The first-order valence-corrected chi connectivity index (χ1v) is 13.7. The Morgan fingerprint density at radius 1 is 0.946 bits per heavy atom. The van der Waals surface area contributed by atoms with Crippen LogP contribution in [0.15, 0.2) is 48.8 Å². The summed E-state index contributed by atoms with van der Waals surface area (Å²) in [5.41, 5.74) is 5.62. The summed E-state index contributed by atoms with van der Waals surface area (Å²) in [6.07, 6.45) is 6.22. The number of piperidine rings is 1. The Bertz CT molecular complexity index is 1210. The lowest BCUT2D eigenvalue weighted by atomic mass is 9.88. The molecule has 0 aliphatic carbocycles. The van der Waals surface area contributed by atoms with Gasteiger partial charge in [-0.1, -0.05) is 24.3 Å². The van der Waals surface area contributed by atoms with E-state index in [-0.39, 0.29) is 6.09 Å². The highest BCUT2D eigenvalue weighted by atomic mass is 16.6. The topological polar surface area (TPSA) is 53.3 Å². The molecule has 2 aliphatic rings. The predicted molar refractivity (Wildman–Crippen MR) is 149 cm³/mol. The van der Waals surface area contributed by atoms with E-state index in [4.69, 9.17) is 4.74 Å². The monoisotopic (exact) mass is 503 g/mol. The molecule has 7 nitrogen and oxygen atoms in total. The van der Waals surface area contributed by atoms with Gasteiger partial charge in [0, 0.05) is 50.2 Å². The molecule has 1 aromatic carbocycles. The van der Waals surface area contributed by atoms with Crippen molar-refractivity contribution in [1.29, 1.82) is 0 Å². The smallest absolute Gasteiger partial charge is 0.410 e. The molecule has 2 aliphatic heterocycles. The molecule has 1 amide bonds. The number of amides is 1. The second-order valence-corrected chi connectivity index (χ2v) is 11.8. The van der Waals surface area contributed by atoms with Gasteiger partial charge in [0.1, 0.15) is 5.60 Å². The van der Waals surface area contributed by atoms with Crippen LogP contribution in [0.3, 0.4) is 0 Å². The Hall–Kier alpha value is -3.06. The van der Waals surface area contributed by atoms with E-state index in [9.17, 15) is 4.79 Å². The highest BCUT2D eigenvalue weighted by Crippen LogP contribution is 2.32. The van der Waals surface area contributed by atoms with Crippen LogP contribution in [0.25, 0.3) is 16.6 Å². The van der Waals surface area contributed by atoms with Crippen molar-refractivity contribution in [3.05, 3.63) is 54.4 Å². The van der Waals surface area contributed by atoms with Crippen molar-refractivity contribution >= 4 is 17.3 Å². The molecule has 198 valence electrons. The maximum absolute atomic E-state index is 12.5. The zero-order chi connectivity index (χ0) is 26.2. The van der Waals surface area contributed by atoms with Crippen molar-refractivity contribution in [2.24, 2.45) is 0 Å². The van der Waals surface area contributed by atoms with Gasteiger partial charge in [0.05, 0.1) is 11.2 Å². The molecule has 0 spiro atoms. The number of hydrogen-bond donors (Lipinski definition) is 0. The summed E-state index contributed by atoms with van der Waals surface area (Å²) in [7, 11) is 0. The zero-order valence-electron chi connectivity index (χ0n) is 23.0. The number of hydrogen-bond acceptors (Lipinski definition) is 5. The second kappa shape index (κ2) is 10.4. The van der Waals surface area contributed by atoms with E-state index in [1.165, 1.54) is 42.6 Å². The number of anilines is 1. The minimum Gasteiger partial charge on any atom is -0.444 e. The number of piperazine rings is 1. The van der Waals surface area contributed by atoms with Crippen LogP contribution < -0.4 is 4.90 Å². The van der Waals surface area contributed by atoms with Gasteiger partial charge >= 0.3 is 6.09 Å². The van der Waals surface area contributed by atoms with Crippen LogP contribution in [-0.4, -0.2) is 76.4 Å². The normalized spacial score (nSPS) is 18.1. The molecule has 4 heterocycles. The number of rotatable bonds is 4. The number of nitrogens with zero attached hydrogens (tertiary/aromatic N) is 5. The molecule has 0 bridgehead atoms. The lowest BCUT2D eigenvalue weighted by Crippen LogP contribution is -2.50. The summed E-state index contributed by atoms with van der Waals surface area (Å²) < 4.78 is 7.53. The average molecular weight is 504 g/mol. The Balaban J connectivity index is 1.27. The summed E-state index contributed by atoms with van der Waals surface area (Å²) in [6.45, 7) is 15.5. The molecule has 0 unspecified atom stereocenters. The number of ether oxygens (including phenoxy) is 1. The predicted octanol–water partition coefficient (Wildman–Crippen LogP) is 5.65. The van der Waals surface area contributed by atoms with Crippen molar-refractivity contribution in [1.82, 2.24) is 19.4 Å². The molecule has 37 heavy (non-hydrogen) atoms. The molecule has 7 heteroatoms. The molecule has 2 aromatic heterocycles. The maximum Gasteiger partial charge on any atom is 0.410 e. The molecule has 5 rings (SSSR count).